The summed E-state index contributed by atoms with van der Waals surface area (Å²) in [5, 5.41) is 0. The molecule has 1 aliphatic carbocycles. The van der Waals surface area contributed by atoms with Crippen LogP contribution in [-0.2, 0) is 0 Å². The van der Waals surface area contributed by atoms with E-state index >= 15 is 0 Å². The molecular weight excluding hydrogens is 234 g/mol. The predicted octanol–water partition coefficient (Wildman–Crippen LogP) is 3.41. The smallest absolute Gasteiger partial charge is 0.110 e. The average molecular weight is 257 g/mol. The highest BCUT2D eigenvalue weighted by molar-refractivity contribution is 5.79. The summed E-state index contributed by atoms with van der Waals surface area (Å²) < 4.78 is 0. The lowest BCUT2D eigenvalue weighted by molar-refractivity contribution is 0.306. The minimum Gasteiger partial charge on any atom is -0.342 e. The number of hydrogen-bond acceptors (Lipinski definition) is 2. The molecule has 0 aliphatic heterocycles. The second kappa shape index (κ2) is 4.97. The van der Waals surface area contributed by atoms with Gasteiger partial charge in [-0.2, -0.15) is 0 Å². The van der Waals surface area contributed by atoms with Crippen molar-refractivity contribution >= 4 is 11.0 Å². The second-order valence-corrected chi connectivity index (χ2v) is 5.99. The van der Waals surface area contributed by atoms with Crippen molar-refractivity contribution in [3.05, 3.63) is 29.1 Å². The van der Waals surface area contributed by atoms with Gasteiger partial charge in [0.05, 0.1) is 11.0 Å². The molecule has 0 amide bonds. The number of benzene rings is 1. The third kappa shape index (κ3) is 2.27. The van der Waals surface area contributed by atoms with Gasteiger partial charge in [0, 0.05) is 5.92 Å². The number of aromatic amines is 1. The molecule has 1 aromatic heterocycles. The Kier molecular flexibility index (Phi) is 3.31. The largest absolute Gasteiger partial charge is 0.342 e. The molecule has 3 rings (SSSR count). The summed E-state index contributed by atoms with van der Waals surface area (Å²) in [7, 11) is 0. The molecule has 0 saturated heterocycles. The van der Waals surface area contributed by atoms with Gasteiger partial charge in [-0.1, -0.05) is 18.9 Å². The van der Waals surface area contributed by atoms with E-state index in [0.29, 0.717) is 11.8 Å². The number of nitrogens with one attached hydrogen (secondary N) is 1. The molecule has 2 aromatic rings. The van der Waals surface area contributed by atoms with Crippen molar-refractivity contribution in [2.24, 2.45) is 11.7 Å². The average Bonchev–Trinajstić information content (AvgIpc) is 2.82. The van der Waals surface area contributed by atoms with Crippen LogP contribution in [0.15, 0.2) is 12.1 Å². The molecule has 0 bridgehead atoms. The number of hydrogen-bond donors (Lipinski definition) is 2. The first-order valence-electron chi connectivity index (χ1n) is 7.36. The zero-order valence-electron chi connectivity index (χ0n) is 11.9. The highest BCUT2D eigenvalue weighted by Crippen LogP contribution is 2.36. The fourth-order valence-corrected chi connectivity index (χ4v) is 3.52. The molecule has 1 fully saturated rings. The molecule has 102 valence electrons. The van der Waals surface area contributed by atoms with Crippen LogP contribution < -0.4 is 5.73 Å². The van der Waals surface area contributed by atoms with Crippen LogP contribution in [0.3, 0.4) is 0 Å². The SMILES string of the molecule is Cc1cc(C)c2nc(C3CCCCC3CN)[nH]c2c1. The highest BCUT2D eigenvalue weighted by Gasteiger charge is 2.27. The van der Waals surface area contributed by atoms with Gasteiger partial charge in [-0.3, -0.25) is 0 Å². The summed E-state index contributed by atoms with van der Waals surface area (Å²) in [6.45, 7) is 5.05. The molecule has 3 nitrogen and oxygen atoms in total. The van der Waals surface area contributed by atoms with Crippen LogP contribution in [-0.4, -0.2) is 16.5 Å². The maximum Gasteiger partial charge on any atom is 0.110 e. The molecular formula is C16H23N3. The Hall–Kier alpha value is -1.35. The Balaban J connectivity index is 2.02. The molecule has 1 aliphatic rings. The van der Waals surface area contributed by atoms with E-state index in [0.717, 1.165) is 17.9 Å². The first kappa shape index (κ1) is 12.7. The lowest BCUT2D eigenvalue weighted by Gasteiger charge is -2.28. The summed E-state index contributed by atoms with van der Waals surface area (Å²) in [5.41, 5.74) is 10.8. The van der Waals surface area contributed by atoms with Gasteiger partial charge in [-0.05, 0) is 56.3 Å². The molecule has 2 atom stereocenters. The van der Waals surface area contributed by atoms with Gasteiger partial charge in [0.2, 0.25) is 0 Å². The van der Waals surface area contributed by atoms with E-state index in [9.17, 15) is 0 Å². The van der Waals surface area contributed by atoms with Crippen molar-refractivity contribution in [2.75, 3.05) is 6.54 Å². The molecule has 3 heteroatoms. The summed E-state index contributed by atoms with van der Waals surface area (Å²) >= 11 is 0. The summed E-state index contributed by atoms with van der Waals surface area (Å²) in [4.78, 5) is 8.41. The van der Waals surface area contributed by atoms with Crippen molar-refractivity contribution in [2.45, 2.75) is 45.4 Å². The fraction of sp³-hybridized carbons (Fsp3) is 0.562. The van der Waals surface area contributed by atoms with E-state index in [-0.39, 0.29) is 0 Å². The van der Waals surface area contributed by atoms with E-state index in [1.165, 1.54) is 42.3 Å². The van der Waals surface area contributed by atoms with Crippen molar-refractivity contribution < 1.29 is 0 Å². The van der Waals surface area contributed by atoms with E-state index in [1.807, 2.05) is 0 Å². The summed E-state index contributed by atoms with van der Waals surface area (Å²) in [6.07, 6.45) is 5.09. The number of nitrogens with two attached hydrogens (primary N) is 1. The van der Waals surface area contributed by atoms with Crippen molar-refractivity contribution in [1.82, 2.24) is 9.97 Å². The monoisotopic (exact) mass is 257 g/mol. The van der Waals surface area contributed by atoms with Crippen LogP contribution in [0.1, 0.15) is 48.6 Å². The molecule has 1 aromatic carbocycles. The van der Waals surface area contributed by atoms with Gasteiger partial charge in [0.15, 0.2) is 0 Å². The molecule has 19 heavy (non-hydrogen) atoms. The number of H-pyrrole nitrogens is 1. The Labute approximate surface area is 114 Å². The van der Waals surface area contributed by atoms with Gasteiger partial charge >= 0.3 is 0 Å². The molecule has 0 radical (unpaired) electrons. The number of aryl methyl sites for hydroxylation is 2. The maximum absolute atomic E-state index is 5.94. The Bertz CT molecular complexity index is 585. The summed E-state index contributed by atoms with van der Waals surface area (Å²) in [6, 6.07) is 4.40. The molecule has 3 N–H and O–H groups in total. The molecule has 1 saturated carbocycles. The van der Waals surface area contributed by atoms with Crippen molar-refractivity contribution in [3.8, 4) is 0 Å². The lowest BCUT2D eigenvalue weighted by Crippen LogP contribution is -2.25. The van der Waals surface area contributed by atoms with Gasteiger partial charge in [-0.25, -0.2) is 4.98 Å². The number of aromatic nitrogens is 2. The van der Waals surface area contributed by atoms with E-state index in [4.69, 9.17) is 10.7 Å². The van der Waals surface area contributed by atoms with E-state index in [1.54, 1.807) is 0 Å². The quantitative estimate of drug-likeness (QED) is 0.866. The van der Waals surface area contributed by atoms with E-state index in [2.05, 4.69) is 31.0 Å². The van der Waals surface area contributed by atoms with Crippen LogP contribution in [0, 0.1) is 19.8 Å². The standard InChI is InChI=1S/C16H23N3/c1-10-7-11(2)15-14(8-10)18-16(19-15)13-6-4-3-5-12(13)9-17/h7-8,12-13H,3-6,9,17H2,1-2H3,(H,18,19). The van der Waals surface area contributed by atoms with E-state index < -0.39 is 0 Å². The highest BCUT2D eigenvalue weighted by atomic mass is 14.9. The molecule has 1 heterocycles. The first-order chi connectivity index (χ1) is 9.19. The number of fused-ring (bicyclic) bond motifs is 1. The third-order valence-electron chi connectivity index (χ3n) is 4.50. The summed E-state index contributed by atoms with van der Waals surface area (Å²) in [5.74, 6) is 2.26. The topological polar surface area (TPSA) is 54.7 Å². The molecule has 0 spiro atoms. The zero-order valence-corrected chi connectivity index (χ0v) is 11.9. The normalized spacial score (nSPS) is 23.9. The molecule has 2 unspecified atom stereocenters. The van der Waals surface area contributed by atoms with Crippen LogP contribution >= 0.6 is 0 Å². The minimum absolute atomic E-state index is 0.519. The first-order valence-corrected chi connectivity index (χ1v) is 7.36. The lowest BCUT2D eigenvalue weighted by atomic mass is 9.79. The second-order valence-electron chi connectivity index (χ2n) is 5.99. The van der Waals surface area contributed by atoms with Crippen molar-refractivity contribution in [3.63, 3.8) is 0 Å². The van der Waals surface area contributed by atoms with Crippen LogP contribution in [0.25, 0.3) is 11.0 Å². The number of rotatable bonds is 2. The maximum atomic E-state index is 5.94. The van der Waals surface area contributed by atoms with Crippen molar-refractivity contribution in [1.29, 1.82) is 0 Å². The Morgan fingerprint density at radius 2 is 2.05 bits per heavy atom. The van der Waals surface area contributed by atoms with Gasteiger partial charge in [-0.15, -0.1) is 0 Å². The third-order valence-corrected chi connectivity index (χ3v) is 4.50. The minimum atomic E-state index is 0.519. The van der Waals surface area contributed by atoms with Gasteiger partial charge < -0.3 is 10.7 Å². The van der Waals surface area contributed by atoms with Crippen LogP contribution in [0.4, 0.5) is 0 Å². The Morgan fingerprint density at radius 3 is 2.84 bits per heavy atom. The predicted molar refractivity (Wildman–Crippen MR) is 79.3 cm³/mol. The van der Waals surface area contributed by atoms with Crippen LogP contribution in [0.5, 0.6) is 0 Å². The zero-order chi connectivity index (χ0) is 13.4. The van der Waals surface area contributed by atoms with Crippen LogP contribution in [0.2, 0.25) is 0 Å². The van der Waals surface area contributed by atoms with Gasteiger partial charge in [0.25, 0.3) is 0 Å². The number of nitrogens with zero attached hydrogens (tertiary/aromatic N) is 1. The Morgan fingerprint density at radius 1 is 1.26 bits per heavy atom. The van der Waals surface area contributed by atoms with Gasteiger partial charge in [0.1, 0.15) is 5.82 Å². The number of imidazole rings is 1. The fourth-order valence-electron chi connectivity index (χ4n) is 3.52.